The molecule has 0 spiro atoms. The van der Waals surface area contributed by atoms with E-state index in [1.165, 1.54) is 60.8 Å². The Bertz CT molecular complexity index is 1090. The number of anilines is 3. The summed E-state index contributed by atoms with van der Waals surface area (Å²) < 4.78 is 5.55. The van der Waals surface area contributed by atoms with Gasteiger partial charge in [-0.25, -0.2) is 4.98 Å². The van der Waals surface area contributed by atoms with Crippen molar-refractivity contribution in [1.29, 1.82) is 0 Å². The van der Waals surface area contributed by atoms with E-state index < -0.39 is 0 Å². The van der Waals surface area contributed by atoms with Crippen molar-refractivity contribution in [2.45, 2.75) is 63.5 Å². The predicted molar refractivity (Wildman–Crippen MR) is 136 cm³/mol. The molecule has 2 aromatic heterocycles. The molecule has 1 aromatic carbocycles. The molecule has 33 heavy (non-hydrogen) atoms. The number of nitrogens with one attached hydrogen (secondary N) is 2. The molecule has 1 saturated heterocycles. The molecule has 3 heterocycles. The minimum Gasteiger partial charge on any atom is -0.379 e. The molecule has 174 valence electrons. The van der Waals surface area contributed by atoms with Gasteiger partial charge in [-0.05, 0) is 69.1 Å². The fourth-order valence-electron chi connectivity index (χ4n) is 5.69. The quantitative estimate of drug-likeness (QED) is 0.530. The minimum atomic E-state index is 0.476. The van der Waals surface area contributed by atoms with Crippen molar-refractivity contribution in [1.82, 2.24) is 14.9 Å². The molecular weight excluding hydrogens is 430 g/mol. The van der Waals surface area contributed by atoms with Crippen LogP contribution in [-0.2, 0) is 17.6 Å². The Kier molecular flexibility index (Phi) is 6.18. The zero-order valence-electron chi connectivity index (χ0n) is 19.2. The van der Waals surface area contributed by atoms with Crippen LogP contribution in [0.2, 0.25) is 0 Å². The van der Waals surface area contributed by atoms with E-state index >= 15 is 0 Å². The number of hydrogen-bond donors (Lipinski definition) is 2. The van der Waals surface area contributed by atoms with Crippen LogP contribution in [0.5, 0.6) is 0 Å². The first-order chi connectivity index (χ1) is 16.3. The summed E-state index contributed by atoms with van der Waals surface area (Å²) in [5, 5.41) is 8.59. The Balaban J connectivity index is 1.25. The van der Waals surface area contributed by atoms with Crippen molar-refractivity contribution in [2.24, 2.45) is 0 Å². The maximum Gasteiger partial charge on any atom is 0.230 e. The molecule has 0 radical (unpaired) electrons. The second-order valence-electron chi connectivity index (χ2n) is 9.58. The number of morpholine rings is 1. The van der Waals surface area contributed by atoms with Gasteiger partial charge in [-0.3, -0.25) is 4.90 Å². The van der Waals surface area contributed by atoms with E-state index in [4.69, 9.17) is 14.7 Å². The molecule has 1 aliphatic heterocycles. The topological polar surface area (TPSA) is 62.3 Å². The number of nitrogens with zero attached hydrogens (tertiary/aromatic N) is 3. The molecule has 3 aliphatic rings. The lowest BCUT2D eigenvalue weighted by Crippen LogP contribution is -2.46. The molecule has 0 unspecified atom stereocenters. The summed E-state index contributed by atoms with van der Waals surface area (Å²) >= 11 is 1.87. The van der Waals surface area contributed by atoms with E-state index in [0.717, 1.165) is 49.1 Å². The molecule has 2 N–H and O–H groups in total. The van der Waals surface area contributed by atoms with Gasteiger partial charge in [-0.2, -0.15) is 4.98 Å². The van der Waals surface area contributed by atoms with E-state index in [0.29, 0.717) is 18.0 Å². The highest BCUT2D eigenvalue weighted by molar-refractivity contribution is 7.19. The lowest BCUT2D eigenvalue weighted by Gasteiger charge is -2.39. The van der Waals surface area contributed by atoms with Crippen molar-refractivity contribution >= 4 is 39.0 Å². The summed E-state index contributed by atoms with van der Waals surface area (Å²) in [6, 6.07) is 11.4. The third kappa shape index (κ3) is 4.59. The first kappa shape index (κ1) is 21.3. The van der Waals surface area contributed by atoms with Gasteiger partial charge in [0.25, 0.3) is 0 Å². The van der Waals surface area contributed by atoms with E-state index in [1.54, 1.807) is 0 Å². The van der Waals surface area contributed by atoms with Gasteiger partial charge >= 0.3 is 0 Å². The van der Waals surface area contributed by atoms with Crippen LogP contribution in [-0.4, -0.2) is 53.3 Å². The highest BCUT2D eigenvalue weighted by Crippen LogP contribution is 2.40. The van der Waals surface area contributed by atoms with Crippen LogP contribution in [0.15, 0.2) is 30.3 Å². The third-order valence-electron chi connectivity index (χ3n) is 7.44. The second-order valence-corrected chi connectivity index (χ2v) is 10.7. The lowest BCUT2D eigenvalue weighted by atomic mass is 9.89. The van der Waals surface area contributed by atoms with Gasteiger partial charge in [0, 0.05) is 35.7 Å². The monoisotopic (exact) mass is 463 g/mol. The largest absolute Gasteiger partial charge is 0.379 e. The minimum absolute atomic E-state index is 0.476. The number of aryl methyl sites for hydroxylation is 2. The third-order valence-corrected chi connectivity index (χ3v) is 8.63. The molecule has 1 saturated carbocycles. The number of aromatic nitrogens is 2. The highest BCUT2D eigenvalue weighted by Gasteiger charge is 2.28. The molecule has 0 atom stereocenters. The molecule has 6 rings (SSSR count). The number of para-hydroxylation sites is 1. The van der Waals surface area contributed by atoms with Crippen LogP contribution in [0.25, 0.3) is 10.2 Å². The highest BCUT2D eigenvalue weighted by atomic mass is 32.1. The zero-order valence-corrected chi connectivity index (χ0v) is 20.0. The number of hydrogen-bond acceptors (Lipinski definition) is 7. The van der Waals surface area contributed by atoms with Crippen molar-refractivity contribution in [3.05, 3.63) is 40.8 Å². The summed E-state index contributed by atoms with van der Waals surface area (Å²) in [6.45, 7) is 3.95. The molecule has 2 aliphatic carbocycles. The van der Waals surface area contributed by atoms with E-state index in [-0.39, 0.29) is 0 Å². The van der Waals surface area contributed by atoms with Crippen LogP contribution in [0.1, 0.15) is 49.0 Å². The normalized spacial score (nSPS) is 23.9. The molecule has 2 fully saturated rings. The van der Waals surface area contributed by atoms with Crippen molar-refractivity contribution < 1.29 is 4.74 Å². The van der Waals surface area contributed by atoms with Gasteiger partial charge < -0.3 is 15.4 Å². The van der Waals surface area contributed by atoms with Gasteiger partial charge in [0.05, 0.1) is 18.6 Å². The Morgan fingerprint density at radius 3 is 2.55 bits per heavy atom. The van der Waals surface area contributed by atoms with E-state index in [2.05, 4.69) is 27.7 Å². The molecular formula is C26H33N5OS. The van der Waals surface area contributed by atoms with Gasteiger partial charge in [0.1, 0.15) is 10.6 Å². The Labute approximate surface area is 199 Å². The van der Waals surface area contributed by atoms with Crippen LogP contribution < -0.4 is 10.6 Å². The van der Waals surface area contributed by atoms with Crippen LogP contribution in [0.4, 0.5) is 17.5 Å². The average Bonchev–Trinajstić information content (AvgIpc) is 3.24. The summed E-state index contributed by atoms with van der Waals surface area (Å²) in [7, 11) is 0. The first-order valence-corrected chi connectivity index (χ1v) is 13.4. The van der Waals surface area contributed by atoms with E-state index in [9.17, 15) is 0 Å². The van der Waals surface area contributed by atoms with Crippen molar-refractivity contribution in [2.75, 3.05) is 36.9 Å². The number of fused-ring (bicyclic) bond motifs is 3. The van der Waals surface area contributed by atoms with Gasteiger partial charge in [0.2, 0.25) is 5.95 Å². The maximum atomic E-state index is 5.55. The van der Waals surface area contributed by atoms with Crippen LogP contribution in [0, 0.1) is 0 Å². The molecule has 0 amide bonds. The molecule has 6 nitrogen and oxygen atoms in total. The second kappa shape index (κ2) is 9.57. The van der Waals surface area contributed by atoms with Gasteiger partial charge in [-0.15, -0.1) is 11.3 Å². The molecule has 7 heteroatoms. The van der Waals surface area contributed by atoms with Crippen LogP contribution in [0.3, 0.4) is 0 Å². The lowest BCUT2D eigenvalue weighted by molar-refractivity contribution is 0.00791. The fourth-order valence-corrected chi connectivity index (χ4v) is 6.95. The van der Waals surface area contributed by atoms with Crippen molar-refractivity contribution in [3.8, 4) is 0 Å². The number of benzene rings is 1. The first-order valence-electron chi connectivity index (χ1n) is 12.6. The summed E-state index contributed by atoms with van der Waals surface area (Å²) in [6.07, 6.45) is 9.79. The van der Waals surface area contributed by atoms with E-state index in [1.807, 2.05) is 29.5 Å². The smallest absolute Gasteiger partial charge is 0.230 e. The molecule has 3 aromatic rings. The summed E-state index contributed by atoms with van der Waals surface area (Å²) in [5.74, 6) is 1.73. The van der Waals surface area contributed by atoms with Gasteiger partial charge in [0.15, 0.2) is 0 Å². The van der Waals surface area contributed by atoms with Crippen LogP contribution >= 0.6 is 11.3 Å². The predicted octanol–water partition coefficient (Wildman–Crippen LogP) is 5.37. The summed E-state index contributed by atoms with van der Waals surface area (Å²) in [5.41, 5.74) is 2.52. The summed E-state index contributed by atoms with van der Waals surface area (Å²) in [4.78, 5) is 15.2. The standard InChI is InChI=1S/C26H33N5OS/c1-2-6-18(7-3-1)28-26-29-24(23-21-8-4-5-9-22(21)33-25(23)30-26)27-19-10-12-20(13-11-19)31-14-16-32-17-15-31/h1-3,6-7,19-20H,4-5,8-17H2,(H2,27,28,29,30)/t19-,20-. The zero-order chi connectivity index (χ0) is 22.0. The average molecular weight is 464 g/mol. The SMILES string of the molecule is c1ccc(Nc2nc(N[C@H]3CC[C@H](N4CCOCC4)CC3)c3c4c(sc3n2)CCCC4)cc1. The Morgan fingerprint density at radius 2 is 1.73 bits per heavy atom. The number of ether oxygens (including phenoxy) is 1. The number of thiophene rings is 1. The Morgan fingerprint density at radius 1 is 0.939 bits per heavy atom. The van der Waals surface area contributed by atoms with Gasteiger partial charge in [-0.1, -0.05) is 18.2 Å². The number of rotatable bonds is 5. The fraction of sp³-hybridized carbons (Fsp3) is 0.538. The van der Waals surface area contributed by atoms with Crippen molar-refractivity contribution in [3.63, 3.8) is 0 Å². The Hall–Kier alpha value is -2.22. The maximum absolute atomic E-state index is 5.55. The molecule has 0 bridgehead atoms.